The summed E-state index contributed by atoms with van der Waals surface area (Å²) in [5.41, 5.74) is 0.807. The lowest BCUT2D eigenvalue weighted by Crippen LogP contribution is -2.10. The average molecular weight is 136 g/mol. The fourth-order valence-corrected chi connectivity index (χ4v) is 1.17. The number of hydrogen-bond acceptors (Lipinski definition) is 2. The topological polar surface area (TPSA) is 27.0 Å². The van der Waals surface area contributed by atoms with Gasteiger partial charge in [0.15, 0.2) is 0 Å². The van der Waals surface area contributed by atoms with Crippen LogP contribution in [0, 0.1) is 11.3 Å². The van der Waals surface area contributed by atoms with Crippen molar-refractivity contribution in [3.63, 3.8) is 0 Å². The van der Waals surface area contributed by atoms with Crippen molar-refractivity contribution >= 4 is 0 Å². The molecule has 1 heterocycles. The Balaban J connectivity index is 2.44. The van der Waals surface area contributed by atoms with E-state index in [4.69, 9.17) is 5.26 Å². The molecule has 54 valence electrons. The van der Waals surface area contributed by atoms with Crippen molar-refractivity contribution in [2.75, 3.05) is 13.1 Å². The predicted molar refractivity (Wildman–Crippen MR) is 40.2 cm³/mol. The summed E-state index contributed by atoms with van der Waals surface area (Å²) in [7, 11) is 0. The van der Waals surface area contributed by atoms with Crippen molar-refractivity contribution < 1.29 is 0 Å². The molecular weight excluding hydrogens is 124 g/mol. The summed E-state index contributed by atoms with van der Waals surface area (Å²) in [4.78, 5) is 2.21. The summed E-state index contributed by atoms with van der Waals surface area (Å²) < 4.78 is 0. The number of hydrogen-bond donors (Lipinski definition) is 0. The van der Waals surface area contributed by atoms with E-state index in [1.165, 1.54) is 12.8 Å². The Kier molecular flexibility index (Phi) is 2.33. The van der Waals surface area contributed by atoms with E-state index in [-0.39, 0.29) is 0 Å². The molecule has 0 radical (unpaired) electrons. The molecule has 0 bridgehead atoms. The van der Waals surface area contributed by atoms with Gasteiger partial charge in [0, 0.05) is 24.9 Å². The van der Waals surface area contributed by atoms with Crippen molar-refractivity contribution in [3.8, 4) is 6.07 Å². The van der Waals surface area contributed by atoms with Gasteiger partial charge in [-0.15, -0.1) is 0 Å². The van der Waals surface area contributed by atoms with Gasteiger partial charge in [0.05, 0.1) is 6.07 Å². The molecule has 1 aliphatic rings. The molecule has 1 fully saturated rings. The Morgan fingerprint density at radius 2 is 2.10 bits per heavy atom. The Morgan fingerprint density at radius 1 is 1.50 bits per heavy atom. The highest BCUT2D eigenvalue weighted by molar-refractivity contribution is 5.16. The van der Waals surface area contributed by atoms with E-state index in [2.05, 4.69) is 11.0 Å². The second-order valence-corrected chi connectivity index (χ2v) is 2.67. The summed E-state index contributed by atoms with van der Waals surface area (Å²) in [6, 6.07) is 2.11. The minimum absolute atomic E-state index is 0.807. The second kappa shape index (κ2) is 3.26. The molecule has 1 saturated heterocycles. The molecule has 0 amide bonds. The number of likely N-dealkylation sites (tertiary alicyclic amines) is 1. The van der Waals surface area contributed by atoms with E-state index >= 15 is 0 Å². The van der Waals surface area contributed by atoms with Gasteiger partial charge in [0.2, 0.25) is 0 Å². The lowest BCUT2D eigenvalue weighted by Gasteiger charge is -2.09. The van der Waals surface area contributed by atoms with Crippen LogP contribution >= 0.6 is 0 Å². The van der Waals surface area contributed by atoms with Gasteiger partial charge in [-0.3, -0.25) is 0 Å². The highest BCUT2D eigenvalue weighted by atomic mass is 15.1. The normalized spacial score (nSPS) is 19.2. The zero-order chi connectivity index (χ0) is 7.40. The van der Waals surface area contributed by atoms with Gasteiger partial charge >= 0.3 is 0 Å². The van der Waals surface area contributed by atoms with Crippen LogP contribution in [-0.4, -0.2) is 18.0 Å². The van der Waals surface area contributed by atoms with Crippen LogP contribution in [0.15, 0.2) is 11.8 Å². The molecule has 2 heteroatoms. The molecule has 0 saturated carbocycles. The maximum atomic E-state index is 8.45. The van der Waals surface area contributed by atoms with Gasteiger partial charge in [-0.05, 0) is 19.8 Å². The molecule has 0 atom stereocenters. The molecule has 0 aromatic heterocycles. The Morgan fingerprint density at radius 3 is 2.60 bits per heavy atom. The first kappa shape index (κ1) is 7.14. The van der Waals surface area contributed by atoms with E-state index in [0.29, 0.717) is 0 Å². The third kappa shape index (κ3) is 1.77. The van der Waals surface area contributed by atoms with Crippen LogP contribution in [-0.2, 0) is 0 Å². The van der Waals surface area contributed by atoms with Crippen LogP contribution in [0.25, 0.3) is 0 Å². The van der Waals surface area contributed by atoms with Gasteiger partial charge < -0.3 is 4.90 Å². The summed E-state index contributed by atoms with van der Waals surface area (Å²) in [6.07, 6.45) is 4.50. The van der Waals surface area contributed by atoms with Crippen molar-refractivity contribution in [1.29, 1.82) is 5.26 Å². The molecule has 0 spiro atoms. The predicted octanol–water partition coefficient (Wildman–Crippen LogP) is 1.51. The summed E-state index contributed by atoms with van der Waals surface area (Å²) in [5, 5.41) is 8.45. The van der Waals surface area contributed by atoms with E-state index in [1.54, 1.807) is 0 Å². The number of allylic oxidation sites excluding steroid dienone is 1. The zero-order valence-corrected chi connectivity index (χ0v) is 6.30. The van der Waals surface area contributed by atoms with Crippen LogP contribution in [0.5, 0.6) is 0 Å². The highest BCUT2D eigenvalue weighted by Crippen LogP contribution is 2.08. The first-order valence-corrected chi connectivity index (χ1v) is 3.65. The SMILES string of the molecule is CC(C#N)=CN1CCCC1. The largest absolute Gasteiger partial charge is 0.377 e. The smallest absolute Gasteiger partial charge is 0.0959 e. The summed E-state index contributed by atoms with van der Waals surface area (Å²) in [6.45, 7) is 4.09. The van der Waals surface area contributed by atoms with Gasteiger partial charge in [-0.2, -0.15) is 5.26 Å². The van der Waals surface area contributed by atoms with Crippen molar-refractivity contribution in [1.82, 2.24) is 4.90 Å². The molecule has 1 rings (SSSR count). The van der Waals surface area contributed by atoms with Crippen molar-refractivity contribution in [2.45, 2.75) is 19.8 Å². The van der Waals surface area contributed by atoms with Crippen LogP contribution < -0.4 is 0 Å². The van der Waals surface area contributed by atoms with E-state index in [9.17, 15) is 0 Å². The summed E-state index contributed by atoms with van der Waals surface area (Å²) in [5.74, 6) is 0. The van der Waals surface area contributed by atoms with Crippen LogP contribution in [0.3, 0.4) is 0 Å². The molecule has 1 aliphatic heterocycles. The quantitative estimate of drug-likeness (QED) is 0.511. The molecule has 0 aromatic carbocycles. The maximum absolute atomic E-state index is 8.45. The molecule has 10 heavy (non-hydrogen) atoms. The molecule has 0 aromatic rings. The van der Waals surface area contributed by atoms with Crippen molar-refractivity contribution in [2.24, 2.45) is 0 Å². The Bertz CT molecular complexity index is 170. The fourth-order valence-electron chi connectivity index (χ4n) is 1.17. The maximum Gasteiger partial charge on any atom is 0.0959 e. The third-order valence-electron chi connectivity index (χ3n) is 1.69. The van der Waals surface area contributed by atoms with Gasteiger partial charge in [-0.25, -0.2) is 0 Å². The Labute approximate surface area is 61.8 Å². The molecule has 0 aliphatic carbocycles. The minimum Gasteiger partial charge on any atom is -0.377 e. The molecule has 0 N–H and O–H groups in total. The highest BCUT2D eigenvalue weighted by Gasteiger charge is 2.06. The average Bonchev–Trinajstić information content (AvgIpc) is 2.40. The number of nitrogens with zero attached hydrogens (tertiary/aromatic N) is 2. The molecular formula is C8H12N2. The van der Waals surface area contributed by atoms with Crippen molar-refractivity contribution in [3.05, 3.63) is 11.8 Å². The second-order valence-electron chi connectivity index (χ2n) is 2.67. The van der Waals surface area contributed by atoms with Crippen LogP contribution in [0.1, 0.15) is 19.8 Å². The van der Waals surface area contributed by atoms with Crippen LogP contribution in [0.2, 0.25) is 0 Å². The first-order valence-electron chi connectivity index (χ1n) is 3.65. The van der Waals surface area contributed by atoms with Crippen LogP contribution in [0.4, 0.5) is 0 Å². The standard InChI is InChI=1S/C8H12N2/c1-8(6-9)7-10-4-2-3-5-10/h7H,2-5H2,1H3. The number of rotatable bonds is 1. The first-order chi connectivity index (χ1) is 4.83. The summed E-state index contributed by atoms with van der Waals surface area (Å²) >= 11 is 0. The monoisotopic (exact) mass is 136 g/mol. The van der Waals surface area contributed by atoms with Gasteiger partial charge in [0.1, 0.15) is 0 Å². The third-order valence-corrected chi connectivity index (χ3v) is 1.69. The van der Waals surface area contributed by atoms with Gasteiger partial charge in [0.25, 0.3) is 0 Å². The van der Waals surface area contributed by atoms with E-state index in [0.717, 1.165) is 18.7 Å². The van der Waals surface area contributed by atoms with Gasteiger partial charge in [-0.1, -0.05) is 0 Å². The lowest BCUT2D eigenvalue weighted by molar-refractivity contribution is 0.465. The minimum atomic E-state index is 0.807. The lowest BCUT2D eigenvalue weighted by atomic mass is 10.4. The Hall–Kier alpha value is -0.970. The van der Waals surface area contributed by atoms with E-state index in [1.807, 2.05) is 13.1 Å². The van der Waals surface area contributed by atoms with E-state index < -0.39 is 0 Å². The number of nitriles is 1. The zero-order valence-electron chi connectivity index (χ0n) is 6.30. The fraction of sp³-hybridized carbons (Fsp3) is 0.625. The molecule has 0 unspecified atom stereocenters. The molecule has 2 nitrogen and oxygen atoms in total.